The molecule has 108 valence electrons. The molecule has 0 saturated heterocycles. The first-order valence-electron chi connectivity index (χ1n) is 6.63. The number of nitrogens with zero attached hydrogens (tertiary/aromatic N) is 2. The molecule has 0 saturated carbocycles. The third-order valence-corrected chi connectivity index (χ3v) is 3.28. The summed E-state index contributed by atoms with van der Waals surface area (Å²) < 4.78 is 28.6. The van der Waals surface area contributed by atoms with E-state index in [0.717, 1.165) is 29.2 Å². The van der Waals surface area contributed by atoms with Crippen molar-refractivity contribution in [2.24, 2.45) is 0 Å². The smallest absolute Gasteiger partial charge is 0.128 e. The molecule has 3 nitrogen and oxygen atoms in total. The highest BCUT2D eigenvalue weighted by Gasteiger charge is 2.13. The summed E-state index contributed by atoms with van der Waals surface area (Å²) in [5.74, 6) is -0.847. The Hall–Kier alpha value is -1.91. The SMILES string of the molecule is Cc1nn(C(C)C)c(C)c1NCc1cc(F)ccc1F. The topological polar surface area (TPSA) is 29.9 Å². The lowest BCUT2D eigenvalue weighted by Crippen LogP contribution is -2.06. The van der Waals surface area contributed by atoms with Crippen LogP contribution < -0.4 is 5.32 Å². The minimum Gasteiger partial charge on any atom is -0.378 e. The molecular weight excluding hydrogens is 260 g/mol. The fourth-order valence-electron chi connectivity index (χ4n) is 2.28. The van der Waals surface area contributed by atoms with Gasteiger partial charge in [0.2, 0.25) is 0 Å². The first-order valence-corrected chi connectivity index (χ1v) is 6.63. The molecule has 1 heterocycles. The van der Waals surface area contributed by atoms with Gasteiger partial charge in [-0.3, -0.25) is 4.68 Å². The molecular formula is C15H19F2N3. The number of rotatable bonds is 4. The molecule has 0 atom stereocenters. The number of benzene rings is 1. The summed E-state index contributed by atoms with van der Waals surface area (Å²) in [6.07, 6.45) is 0. The van der Waals surface area contributed by atoms with E-state index in [-0.39, 0.29) is 12.6 Å². The van der Waals surface area contributed by atoms with Crippen molar-refractivity contribution in [2.75, 3.05) is 5.32 Å². The fraction of sp³-hybridized carbons (Fsp3) is 0.400. The summed E-state index contributed by atoms with van der Waals surface area (Å²) in [6.45, 7) is 8.19. The highest BCUT2D eigenvalue weighted by Crippen LogP contribution is 2.23. The normalized spacial score (nSPS) is 11.2. The Morgan fingerprint density at radius 3 is 2.55 bits per heavy atom. The molecule has 5 heteroatoms. The van der Waals surface area contributed by atoms with Crippen LogP contribution in [0.4, 0.5) is 14.5 Å². The molecule has 0 aliphatic heterocycles. The van der Waals surface area contributed by atoms with E-state index in [1.807, 2.05) is 18.5 Å². The molecule has 2 aromatic rings. The van der Waals surface area contributed by atoms with Crippen molar-refractivity contribution in [1.82, 2.24) is 9.78 Å². The van der Waals surface area contributed by atoms with Crippen LogP contribution in [0.3, 0.4) is 0 Å². The van der Waals surface area contributed by atoms with E-state index in [4.69, 9.17) is 0 Å². The Balaban J connectivity index is 2.21. The van der Waals surface area contributed by atoms with Crippen LogP contribution in [0.5, 0.6) is 0 Å². The van der Waals surface area contributed by atoms with Crippen LogP contribution in [0.25, 0.3) is 0 Å². The number of hydrogen-bond donors (Lipinski definition) is 1. The summed E-state index contributed by atoms with van der Waals surface area (Å²) in [7, 11) is 0. The third-order valence-electron chi connectivity index (χ3n) is 3.28. The van der Waals surface area contributed by atoms with Crippen molar-refractivity contribution >= 4 is 5.69 Å². The van der Waals surface area contributed by atoms with Crippen molar-refractivity contribution in [3.63, 3.8) is 0 Å². The van der Waals surface area contributed by atoms with Gasteiger partial charge in [-0.2, -0.15) is 5.10 Å². The largest absolute Gasteiger partial charge is 0.378 e. The van der Waals surface area contributed by atoms with Crippen molar-refractivity contribution in [1.29, 1.82) is 0 Å². The Morgan fingerprint density at radius 1 is 1.25 bits per heavy atom. The zero-order valence-electron chi connectivity index (χ0n) is 12.2. The van der Waals surface area contributed by atoms with Crippen LogP contribution >= 0.6 is 0 Å². The molecule has 1 aromatic heterocycles. The summed E-state index contributed by atoms with van der Waals surface area (Å²) in [6, 6.07) is 3.73. The zero-order valence-corrected chi connectivity index (χ0v) is 12.2. The maximum atomic E-state index is 13.6. The predicted molar refractivity (Wildman–Crippen MR) is 75.8 cm³/mol. The van der Waals surface area contributed by atoms with Crippen molar-refractivity contribution in [2.45, 2.75) is 40.3 Å². The summed E-state index contributed by atoms with van der Waals surface area (Å²) in [4.78, 5) is 0. The Kier molecular flexibility index (Phi) is 4.06. The molecule has 0 bridgehead atoms. The molecule has 0 aliphatic rings. The monoisotopic (exact) mass is 279 g/mol. The molecule has 0 radical (unpaired) electrons. The van der Waals surface area contributed by atoms with E-state index in [1.54, 1.807) is 0 Å². The number of aromatic nitrogens is 2. The van der Waals surface area contributed by atoms with E-state index in [0.29, 0.717) is 5.56 Å². The Morgan fingerprint density at radius 2 is 1.95 bits per heavy atom. The second kappa shape index (κ2) is 5.61. The minimum atomic E-state index is -0.436. The maximum absolute atomic E-state index is 13.6. The average molecular weight is 279 g/mol. The van der Waals surface area contributed by atoms with Gasteiger partial charge in [0.05, 0.1) is 17.1 Å². The lowest BCUT2D eigenvalue weighted by atomic mass is 10.2. The first-order chi connectivity index (χ1) is 9.40. The second-order valence-corrected chi connectivity index (χ2v) is 5.17. The van der Waals surface area contributed by atoms with E-state index in [1.165, 1.54) is 6.07 Å². The zero-order chi connectivity index (χ0) is 14.9. The molecule has 20 heavy (non-hydrogen) atoms. The number of nitrogens with one attached hydrogen (secondary N) is 1. The maximum Gasteiger partial charge on any atom is 0.128 e. The average Bonchev–Trinajstić information content (AvgIpc) is 2.67. The molecule has 0 amide bonds. The van der Waals surface area contributed by atoms with Crippen LogP contribution in [0.15, 0.2) is 18.2 Å². The van der Waals surface area contributed by atoms with Crippen molar-refractivity contribution in [3.05, 3.63) is 46.8 Å². The minimum absolute atomic E-state index is 0.231. The summed E-state index contributed by atoms with van der Waals surface area (Å²) >= 11 is 0. The number of anilines is 1. The molecule has 0 spiro atoms. The molecule has 0 aliphatic carbocycles. The Labute approximate surface area is 117 Å². The van der Waals surface area contributed by atoms with Gasteiger partial charge in [0.25, 0.3) is 0 Å². The lowest BCUT2D eigenvalue weighted by Gasteiger charge is -2.10. The van der Waals surface area contributed by atoms with Crippen LogP contribution in [0.1, 0.15) is 36.8 Å². The predicted octanol–water partition coefficient (Wildman–Crippen LogP) is 3.97. The van der Waals surface area contributed by atoms with Crippen LogP contribution in [-0.4, -0.2) is 9.78 Å². The van der Waals surface area contributed by atoms with E-state index in [9.17, 15) is 8.78 Å². The third kappa shape index (κ3) is 2.81. The molecule has 0 fully saturated rings. The van der Waals surface area contributed by atoms with Crippen LogP contribution in [0.2, 0.25) is 0 Å². The van der Waals surface area contributed by atoms with E-state index < -0.39 is 11.6 Å². The number of halogens is 2. The molecule has 0 unspecified atom stereocenters. The summed E-state index contributed by atoms with van der Waals surface area (Å²) in [5.41, 5.74) is 3.03. The van der Waals surface area contributed by atoms with Gasteiger partial charge in [0.1, 0.15) is 11.6 Å². The van der Waals surface area contributed by atoms with Gasteiger partial charge in [-0.15, -0.1) is 0 Å². The standard InChI is InChI=1S/C15H19F2N3/c1-9(2)20-11(4)15(10(3)19-20)18-8-12-7-13(16)5-6-14(12)17/h5-7,9,18H,8H2,1-4H3. The fourth-order valence-corrected chi connectivity index (χ4v) is 2.28. The van der Waals surface area contributed by atoms with Gasteiger partial charge >= 0.3 is 0 Å². The van der Waals surface area contributed by atoms with Gasteiger partial charge in [-0.1, -0.05) is 0 Å². The van der Waals surface area contributed by atoms with E-state index in [2.05, 4.69) is 24.3 Å². The van der Waals surface area contributed by atoms with Gasteiger partial charge in [0.15, 0.2) is 0 Å². The quantitative estimate of drug-likeness (QED) is 0.917. The molecule has 1 aromatic carbocycles. The van der Waals surface area contributed by atoms with Gasteiger partial charge in [0, 0.05) is 18.2 Å². The lowest BCUT2D eigenvalue weighted by molar-refractivity contribution is 0.516. The highest BCUT2D eigenvalue weighted by molar-refractivity contribution is 5.52. The second-order valence-electron chi connectivity index (χ2n) is 5.17. The number of aryl methyl sites for hydroxylation is 1. The molecule has 2 rings (SSSR count). The van der Waals surface area contributed by atoms with Crippen LogP contribution in [-0.2, 0) is 6.54 Å². The van der Waals surface area contributed by atoms with Gasteiger partial charge in [-0.05, 0) is 45.9 Å². The van der Waals surface area contributed by atoms with Crippen molar-refractivity contribution in [3.8, 4) is 0 Å². The number of hydrogen-bond acceptors (Lipinski definition) is 2. The van der Waals surface area contributed by atoms with Gasteiger partial charge < -0.3 is 5.32 Å². The van der Waals surface area contributed by atoms with Gasteiger partial charge in [-0.25, -0.2) is 8.78 Å². The molecule has 1 N–H and O–H groups in total. The summed E-state index contributed by atoms with van der Waals surface area (Å²) in [5, 5.41) is 7.60. The van der Waals surface area contributed by atoms with Crippen molar-refractivity contribution < 1.29 is 8.78 Å². The van der Waals surface area contributed by atoms with E-state index >= 15 is 0 Å². The van der Waals surface area contributed by atoms with Crippen LogP contribution in [0, 0.1) is 25.5 Å². The first kappa shape index (κ1) is 14.5. The highest BCUT2D eigenvalue weighted by atomic mass is 19.1. The Bertz CT molecular complexity index is 618.